The third-order valence-corrected chi connectivity index (χ3v) is 3.75. The fraction of sp³-hybridized carbons (Fsp3) is 0.333. The number of fused-ring (bicyclic) bond motifs is 1. The molecule has 0 spiro atoms. The highest BCUT2D eigenvalue weighted by atomic mass is 35.5. The number of nitrogens with zero attached hydrogens (tertiary/aromatic N) is 1. The highest BCUT2D eigenvalue weighted by molar-refractivity contribution is 6.30. The van der Waals surface area contributed by atoms with Crippen LogP contribution in [0.2, 0.25) is 0 Å². The van der Waals surface area contributed by atoms with Crippen LogP contribution in [0.3, 0.4) is 0 Å². The van der Waals surface area contributed by atoms with Gasteiger partial charge in [0.15, 0.2) is 0 Å². The standard InChI is InChI=1S/C15H15ClN2O/c1-9-2-3-10-8-11(4-7-13(10)17-9)14(16)15(19)18-12-5-6-12/h2-4,7-8,12,14H,5-6H2,1H3,(H,18,19). The van der Waals surface area contributed by atoms with E-state index in [4.69, 9.17) is 11.6 Å². The second kappa shape index (κ2) is 4.82. The minimum atomic E-state index is -0.633. The Morgan fingerprint density at radius 2 is 2.16 bits per heavy atom. The molecule has 1 unspecified atom stereocenters. The number of hydrogen-bond donors (Lipinski definition) is 1. The number of carbonyl (C=O) groups excluding carboxylic acids is 1. The van der Waals surface area contributed by atoms with E-state index in [9.17, 15) is 4.79 Å². The molecule has 1 aliphatic carbocycles. The maximum absolute atomic E-state index is 11.9. The van der Waals surface area contributed by atoms with Gasteiger partial charge in [0.1, 0.15) is 5.38 Å². The van der Waals surface area contributed by atoms with E-state index in [0.29, 0.717) is 6.04 Å². The van der Waals surface area contributed by atoms with Crippen molar-refractivity contribution in [1.82, 2.24) is 10.3 Å². The van der Waals surface area contributed by atoms with Crippen LogP contribution in [0.5, 0.6) is 0 Å². The largest absolute Gasteiger partial charge is 0.352 e. The summed E-state index contributed by atoms with van der Waals surface area (Å²) in [6.07, 6.45) is 2.13. The molecular weight excluding hydrogens is 260 g/mol. The smallest absolute Gasteiger partial charge is 0.242 e. The van der Waals surface area contributed by atoms with E-state index in [1.165, 1.54) is 0 Å². The summed E-state index contributed by atoms with van der Waals surface area (Å²) in [7, 11) is 0. The lowest BCUT2D eigenvalue weighted by Gasteiger charge is -2.11. The SMILES string of the molecule is Cc1ccc2cc(C(Cl)C(=O)NC3CC3)ccc2n1. The van der Waals surface area contributed by atoms with E-state index in [1.807, 2.05) is 37.3 Å². The zero-order valence-corrected chi connectivity index (χ0v) is 11.4. The Bertz CT molecular complexity index is 637. The average molecular weight is 275 g/mol. The number of halogens is 1. The lowest BCUT2D eigenvalue weighted by molar-refractivity contribution is -0.121. The molecule has 1 aromatic carbocycles. The number of benzene rings is 1. The molecule has 0 saturated heterocycles. The van der Waals surface area contributed by atoms with E-state index in [2.05, 4.69) is 10.3 Å². The lowest BCUT2D eigenvalue weighted by atomic mass is 10.1. The maximum Gasteiger partial charge on any atom is 0.242 e. The van der Waals surface area contributed by atoms with Crippen molar-refractivity contribution in [3.05, 3.63) is 41.6 Å². The molecule has 1 amide bonds. The van der Waals surface area contributed by atoms with Crippen molar-refractivity contribution < 1.29 is 4.79 Å². The van der Waals surface area contributed by atoms with Crippen LogP contribution in [-0.4, -0.2) is 16.9 Å². The Morgan fingerprint density at radius 3 is 2.89 bits per heavy atom. The number of pyridine rings is 1. The van der Waals surface area contributed by atoms with Gasteiger partial charge in [-0.25, -0.2) is 0 Å². The first-order chi connectivity index (χ1) is 9.13. The van der Waals surface area contributed by atoms with Crippen LogP contribution in [0.25, 0.3) is 10.9 Å². The van der Waals surface area contributed by atoms with Crippen molar-refractivity contribution in [2.24, 2.45) is 0 Å². The zero-order valence-electron chi connectivity index (χ0n) is 10.7. The Labute approximate surface area is 117 Å². The van der Waals surface area contributed by atoms with Gasteiger partial charge in [-0.15, -0.1) is 11.6 Å². The molecule has 1 fully saturated rings. The zero-order chi connectivity index (χ0) is 13.4. The topological polar surface area (TPSA) is 42.0 Å². The normalized spacial score (nSPS) is 16.3. The fourth-order valence-corrected chi connectivity index (χ4v) is 2.26. The monoisotopic (exact) mass is 274 g/mol. The molecule has 1 heterocycles. The van der Waals surface area contributed by atoms with Gasteiger partial charge in [0.25, 0.3) is 0 Å². The van der Waals surface area contributed by atoms with Crippen LogP contribution in [0.4, 0.5) is 0 Å². The van der Waals surface area contributed by atoms with Crippen molar-refractivity contribution in [2.75, 3.05) is 0 Å². The number of rotatable bonds is 3. The minimum absolute atomic E-state index is 0.108. The number of aromatic nitrogens is 1. The highest BCUT2D eigenvalue weighted by Gasteiger charge is 2.27. The third-order valence-electron chi connectivity index (χ3n) is 3.30. The predicted octanol–water partition coefficient (Wildman–Crippen LogP) is 3.10. The minimum Gasteiger partial charge on any atom is -0.352 e. The number of amides is 1. The van der Waals surface area contributed by atoms with Crippen molar-refractivity contribution in [1.29, 1.82) is 0 Å². The van der Waals surface area contributed by atoms with E-state index < -0.39 is 5.38 Å². The van der Waals surface area contributed by atoms with Crippen LogP contribution in [0, 0.1) is 6.92 Å². The molecule has 0 bridgehead atoms. The molecule has 98 valence electrons. The number of alkyl halides is 1. The fourth-order valence-electron chi connectivity index (χ4n) is 2.06. The van der Waals surface area contributed by atoms with E-state index in [0.717, 1.165) is 35.0 Å². The molecule has 1 saturated carbocycles. The molecule has 1 atom stereocenters. The van der Waals surface area contributed by atoms with Crippen LogP contribution in [-0.2, 0) is 4.79 Å². The quantitative estimate of drug-likeness (QED) is 0.874. The van der Waals surface area contributed by atoms with Gasteiger partial charge in [0, 0.05) is 17.1 Å². The van der Waals surface area contributed by atoms with Crippen molar-refractivity contribution in [3.63, 3.8) is 0 Å². The molecule has 4 heteroatoms. The summed E-state index contributed by atoms with van der Waals surface area (Å²) in [6.45, 7) is 1.96. The molecular formula is C15H15ClN2O. The molecule has 0 aliphatic heterocycles. The van der Waals surface area contributed by atoms with Gasteiger partial charge in [-0.2, -0.15) is 0 Å². The summed E-state index contributed by atoms with van der Waals surface area (Å²) < 4.78 is 0. The molecule has 3 rings (SSSR count). The number of carbonyl (C=O) groups is 1. The second-order valence-electron chi connectivity index (χ2n) is 5.05. The Balaban J connectivity index is 1.87. The summed E-state index contributed by atoms with van der Waals surface area (Å²) in [5.74, 6) is -0.108. The first kappa shape index (κ1) is 12.4. The average Bonchev–Trinajstić information content (AvgIpc) is 3.21. The van der Waals surface area contributed by atoms with Gasteiger partial charge in [-0.1, -0.05) is 12.1 Å². The number of aryl methyl sites for hydroxylation is 1. The number of hydrogen-bond acceptors (Lipinski definition) is 2. The van der Waals surface area contributed by atoms with Gasteiger partial charge in [0.05, 0.1) is 5.52 Å². The van der Waals surface area contributed by atoms with Crippen molar-refractivity contribution in [3.8, 4) is 0 Å². The summed E-state index contributed by atoms with van der Waals surface area (Å²) in [5.41, 5.74) is 2.72. The molecule has 19 heavy (non-hydrogen) atoms. The summed E-state index contributed by atoms with van der Waals surface area (Å²) in [4.78, 5) is 16.4. The van der Waals surface area contributed by atoms with Crippen LogP contribution in [0.15, 0.2) is 30.3 Å². The van der Waals surface area contributed by atoms with Gasteiger partial charge in [-0.3, -0.25) is 9.78 Å². The summed E-state index contributed by atoms with van der Waals surface area (Å²) in [5, 5.41) is 3.30. The molecule has 1 aromatic heterocycles. The van der Waals surface area contributed by atoms with Crippen molar-refractivity contribution in [2.45, 2.75) is 31.2 Å². The highest BCUT2D eigenvalue weighted by Crippen LogP contribution is 2.26. The van der Waals surface area contributed by atoms with Crippen LogP contribution in [0.1, 0.15) is 29.5 Å². The molecule has 1 aliphatic rings. The third kappa shape index (κ3) is 2.71. The maximum atomic E-state index is 11.9. The van der Waals surface area contributed by atoms with E-state index >= 15 is 0 Å². The van der Waals surface area contributed by atoms with Crippen LogP contribution >= 0.6 is 11.6 Å². The van der Waals surface area contributed by atoms with Gasteiger partial charge < -0.3 is 5.32 Å². The Morgan fingerprint density at radius 1 is 1.37 bits per heavy atom. The van der Waals surface area contributed by atoms with Gasteiger partial charge in [-0.05, 0) is 43.5 Å². The summed E-state index contributed by atoms with van der Waals surface area (Å²) >= 11 is 6.23. The van der Waals surface area contributed by atoms with E-state index in [-0.39, 0.29) is 5.91 Å². The first-order valence-electron chi connectivity index (χ1n) is 6.45. The molecule has 0 radical (unpaired) electrons. The Hall–Kier alpha value is -1.61. The predicted molar refractivity (Wildman–Crippen MR) is 76.2 cm³/mol. The number of nitrogens with one attached hydrogen (secondary N) is 1. The van der Waals surface area contributed by atoms with Gasteiger partial charge in [0.2, 0.25) is 5.91 Å². The van der Waals surface area contributed by atoms with Gasteiger partial charge >= 0.3 is 0 Å². The first-order valence-corrected chi connectivity index (χ1v) is 6.89. The lowest BCUT2D eigenvalue weighted by Crippen LogP contribution is -2.28. The molecule has 3 nitrogen and oxygen atoms in total. The second-order valence-corrected chi connectivity index (χ2v) is 5.49. The molecule has 2 aromatic rings. The van der Waals surface area contributed by atoms with Crippen molar-refractivity contribution >= 4 is 28.4 Å². The van der Waals surface area contributed by atoms with E-state index in [1.54, 1.807) is 0 Å². The Kier molecular flexibility index (Phi) is 3.15. The van der Waals surface area contributed by atoms with Crippen LogP contribution < -0.4 is 5.32 Å². The summed E-state index contributed by atoms with van der Waals surface area (Å²) in [6, 6.07) is 10.0. The molecule has 1 N–H and O–H groups in total.